The number of rotatable bonds is 3. The topological polar surface area (TPSA) is 26.0 Å². The molecule has 1 rings (SSSR count). The number of hydrogen-bond donors (Lipinski definition) is 1. The van der Waals surface area contributed by atoms with Crippen LogP contribution >= 0.6 is 0 Å². The molecule has 0 aliphatic heterocycles. The molecule has 0 heterocycles. The first kappa shape index (κ1) is 9.86. The molecule has 2 N–H and O–H groups in total. The van der Waals surface area contributed by atoms with Crippen LogP contribution in [0.1, 0.15) is 12.0 Å². The zero-order valence-corrected chi connectivity index (χ0v) is 7.13. The minimum absolute atomic E-state index is 0.258. The van der Waals surface area contributed by atoms with Crippen LogP contribution in [0.15, 0.2) is 24.3 Å². The minimum Gasteiger partial charge on any atom is -0.330 e. The summed E-state index contributed by atoms with van der Waals surface area (Å²) >= 11 is 0. The molecule has 0 spiro atoms. The summed E-state index contributed by atoms with van der Waals surface area (Å²) in [5, 5.41) is 0. The summed E-state index contributed by atoms with van der Waals surface area (Å²) in [4.78, 5) is 0. The Morgan fingerprint density at radius 1 is 1.31 bits per heavy atom. The van der Waals surface area contributed by atoms with Gasteiger partial charge in [0.1, 0.15) is 11.6 Å². The van der Waals surface area contributed by atoms with E-state index in [0.29, 0.717) is 13.0 Å². The largest absolute Gasteiger partial charge is 0.330 e. The maximum absolute atomic E-state index is 12.9. The van der Waals surface area contributed by atoms with E-state index in [0.717, 1.165) is 18.2 Å². The maximum atomic E-state index is 12.9. The fraction of sp³-hybridized carbons (Fsp3) is 0.200. The molecule has 0 fully saturated rings. The third-order valence-electron chi connectivity index (χ3n) is 1.59. The highest BCUT2D eigenvalue weighted by molar-refractivity contribution is 5.49. The van der Waals surface area contributed by atoms with Crippen molar-refractivity contribution in [2.75, 3.05) is 6.54 Å². The van der Waals surface area contributed by atoms with Gasteiger partial charge in [-0.25, -0.2) is 8.78 Å². The predicted octanol–water partition coefficient (Wildman–Crippen LogP) is 2.33. The quantitative estimate of drug-likeness (QED) is 0.764. The van der Waals surface area contributed by atoms with E-state index >= 15 is 0 Å². The zero-order valence-electron chi connectivity index (χ0n) is 7.13. The van der Waals surface area contributed by atoms with Crippen molar-refractivity contribution >= 4 is 6.08 Å². The van der Waals surface area contributed by atoms with Gasteiger partial charge in [0.15, 0.2) is 0 Å². The minimum atomic E-state index is -0.436. The first-order chi connectivity index (χ1) is 6.24. The number of hydrogen-bond acceptors (Lipinski definition) is 1. The first-order valence-electron chi connectivity index (χ1n) is 4.05. The second kappa shape index (κ2) is 4.72. The molecule has 0 radical (unpaired) electrons. The van der Waals surface area contributed by atoms with E-state index in [2.05, 4.69) is 0 Å². The van der Waals surface area contributed by atoms with E-state index in [4.69, 9.17) is 5.73 Å². The molecule has 0 saturated heterocycles. The summed E-state index contributed by atoms with van der Waals surface area (Å²) in [6, 6.07) is 3.36. The van der Waals surface area contributed by atoms with Gasteiger partial charge in [0.2, 0.25) is 0 Å². The number of benzene rings is 1. The highest BCUT2D eigenvalue weighted by atomic mass is 19.1. The molecule has 13 heavy (non-hydrogen) atoms. The van der Waals surface area contributed by atoms with Crippen LogP contribution in [0, 0.1) is 11.6 Å². The van der Waals surface area contributed by atoms with Crippen LogP contribution in [0.25, 0.3) is 6.08 Å². The van der Waals surface area contributed by atoms with E-state index in [1.807, 2.05) is 0 Å². The van der Waals surface area contributed by atoms with Gasteiger partial charge in [0.05, 0.1) is 0 Å². The van der Waals surface area contributed by atoms with Gasteiger partial charge in [0, 0.05) is 5.56 Å². The standard InChI is InChI=1S/C10H11F2N/c11-9-4-5-10(12)8(7-9)3-1-2-6-13/h1,3-5,7H,2,6,13H2/b3-1+. The lowest BCUT2D eigenvalue weighted by molar-refractivity contribution is 0.598. The molecule has 0 aromatic heterocycles. The maximum Gasteiger partial charge on any atom is 0.130 e. The second-order valence-corrected chi connectivity index (χ2v) is 2.65. The summed E-state index contributed by atoms with van der Waals surface area (Å²) in [7, 11) is 0. The van der Waals surface area contributed by atoms with Gasteiger partial charge in [0.25, 0.3) is 0 Å². The number of nitrogens with two attached hydrogens (primary N) is 1. The SMILES string of the molecule is NCC/C=C/c1cc(F)ccc1F. The Labute approximate surface area is 75.9 Å². The van der Waals surface area contributed by atoms with E-state index in [1.54, 1.807) is 6.08 Å². The lowest BCUT2D eigenvalue weighted by Gasteiger charge is -1.96. The van der Waals surface area contributed by atoms with E-state index in [1.165, 1.54) is 6.08 Å². The van der Waals surface area contributed by atoms with Crippen LogP contribution in [0.4, 0.5) is 8.78 Å². The Morgan fingerprint density at radius 3 is 2.77 bits per heavy atom. The first-order valence-corrected chi connectivity index (χ1v) is 4.05. The fourth-order valence-corrected chi connectivity index (χ4v) is 0.949. The molecule has 1 aromatic carbocycles. The molecule has 0 aliphatic carbocycles. The molecular formula is C10H11F2N. The van der Waals surface area contributed by atoms with Gasteiger partial charge in [-0.2, -0.15) is 0 Å². The van der Waals surface area contributed by atoms with Crippen molar-refractivity contribution < 1.29 is 8.78 Å². The smallest absolute Gasteiger partial charge is 0.130 e. The van der Waals surface area contributed by atoms with Crippen molar-refractivity contribution in [2.24, 2.45) is 5.73 Å². The fourth-order valence-electron chi connectivity index (χ4n) is 0.949. The average molecular weight is 183 g/mol. The molecule has 3 heteroatoms. The van der Waals surface area contributed by atoms with Gasteiger partial charge in [-0.05, 0) is 31.2 Å². The molecule has 0 unspecified atom stereocenters. The molecule has 70 valence electrons. The van der Waals surface area contributed by atoms with E-state index in [-0.39, 0.29) is 5.56 Å². The lowest BCUT2D eigenvalue weighted by Crippen LogP contribution is -1.95. The monoisotopic (exact) mass is 183 g/mol. The van der Waals surface area contributed by atoms with Gasteiger partial charge < -0.3 is 5.73 Å². The normalized spacial score (nSPS) is 11.0. The Kier molecular flexibility index (Phi) is 3.58. The van der Waals surface area contributed by atoms with Gasteiger partial charge in [-0.1, -0.05) is 12.2 Å². The van der Waals surface area contributed by atoms with Crippen molar-refractivity contribution in [2.45, 2.75) is 6.42 Å². The summed E-state index contributed by atoms with van der Waals surface area (Å²) in [5.74, 6) is -0.858. The summed E-state index contributed by atoms with van der Waals surface area (Å²) < 4.78 is 25.6. The molecule has 0 saturated carbocycles. The Morgan fingerprint density at radius 2 is 2.08 bits per heavy atom. The van der Waals surface area contributed by atoms with Gasteiger partial charge in [-0.3, -0.25) is 0 Å². The lowest BCUT2D eigenvalue weighted by atomic mass is 10.2. The van der Waals surface area contributed by atoms with Crippen LogP contribution in [0.2, 0.25) is 0 Å². The Hall–Kier alpha value is -1.22. The van der Waals surface area contributed by atoms with Crippen molar-refractivity contribution in [3.05, 3.63) is 41.5 Å². The van der Waals surface area contributed by atoms with Gasteiger partial charge >= 0.3 is 0 Å². The Balaban J connectivity index is 2.81. The van der Waals surface area contributed by atoms with Crippen LogP contribution in [-0.2, 0) is 0 Å². The highest BCUT2D eigenvalue weighted by Crippen LogP contribution is 2.11. The molecular weight excluding hydrogens is 172 g/mol. The van der Waals surface area contributed by atoms with Crippen molar-refractivity contribution in [1.29, 1.82) is 0 Å². The van der Waals surface area contributed by atoms with Crippen LogP contribution in [0.3, 0.4) is 0 Å². The summed E-state index contributed by atoms with van der Waals surface area (Å²) in [6.45, 7) is 0.507. The van der Waals surface area contributed by atoms with Crippen LogP contribution < -0.4 is 5.73 Å². The third kappa shape index (κ3) is 2.95. The molecule has 0 aliphatic rings. The second-order valence-electron chi connectivity index (χ2n) is 2.65. The molecule has 0 bridgehead atoms. The van der Waals surface area contributed by atoms with E-state index < -0.39 is 11.6 Å². The summed E-state index contributed by atoms with van der Waals surface area (Å²) in [6.07, 6.45) is 3.92. The highest BCUT2D eigenvalue weighted by Gasteiger charge is 1.98. The number of halogens is 2. The Bertz CT molecular complexity index is 308. The van der Waals surface area contributed by atoms with Gasteiger partial charge in [-0.15, -0.1) is 0 Å². The van der Waals surface area contributed by atoms with Crippen molar-refractivity contribution in [3.8, 4) is 0 Å². The molecule has 1 aromatic rings. The molecule has 0 amide bonds. The van der Waals surface area contributed by atoms with Crippen LogP contribution in [-0.4, -0.2) is 6.54 Å². The van der Waals surface area contributed by atoms with Crippen molar-refractivity contribution in [1.82, 2.24) is 0 Å². The van der Waals surface area contributed by atoms with E-state index in [9.17, 15) is 8.78 Å². The third-order valence-corrected chi connectivity index (χ3v) is 1.59. The zero-order chi connectivity index (χ0) is 9.68. The van der Waals surface area contributed by atoms with Crippen molar-refractivity contribution in [3.63, 3.8) is 0 Å². The average Bonchev–Trinajstić information content (AvgIpc) is 2.11. The predicted molar refractivity (Wildman–Crippen MR) is 49.1 cm³/mol. The molecule has 0 atom stereocenters. The summed E-state index contributed by atoms with van der Waals surface area (Å²) in [5.41, 5.74) is 5.50. The molecule has 1 nitrogen and oxygen atoms in total. The van der Waals surface area contributed by atoms with Crippen LogP contribution in [0.5, 0.6) is 0 Å².